The molecule has 0 atom stereocenters. The highest BCUT2D eigenvalue weighted by atomic mass is 35.5. The Morgan fingerprint density at radius 2 is 2.00 bits per heavy atom. The maximum Gasteiger partial charge on any atom is 0.234 e. The van der Waals surface area contributed by atoms with Crippen molar-refractivity contribution < 1.29 is 4.79 Å². The minimum absolute atomic E-state index is 0.109. The molecule has 1 aliphatic rings. The molecule has 0 unspecified atom stereocenters. The fourth-order valence-corrected chi connectivity index (χ4v) is 2.70. The fraction of sp³-hybridized carbons (Fsp3) is 0.562. The van der Waals surface area contributed by atoms with Crippen molar-refractivity contribution in [1.82, 2.24) is 15.1 Å². The maximum atomic E-state index is 11.9. The Bertz CT molecular complexity index is 487. The summed E-state index contributed by atoms with van der Waals surface area (Å²) in [4.78, 5) is 18.5. The lowest BCUT2D eigenvalue weighted by molar-refractivity contribution is -0.122. The average Bonchev–Trinajstić information content (AvgIpc) is 2.47. The summed E-state index contributed by atoms with van der Waals surface area (Å²) < 4.78 is 0. The van der Waals surface area contributed by atoms with Crippen LogP contribution in [0.25, 0.3) is 0 Å². The number of anilines is 1. The third-order valence-corrected chi connectivity index (χ3v) is 4.03. The van der Waals surface area contributed by atoms with Crippen molar-refractivity contribution >= 4 is 23.2 Å². The van der Waals surface area contributed by atoms with Crippen LogP contribution >= 0.6 is 11.6 Å². The van der Waals surface area contributed by atoms with Crippen LogP contribution in [0.15, 0.2) is 24.3 Å². The molecule has 0 aromatic heterocycles. The molecule has 1 amide bonds. The van der Waals surface area contributed by atoms with E-state index in [4.69, 9.17) is 11.6 Å². The summed E-state index contributed by atoms with van der Waals surface area (Å²) in [5.74, 6) is 0.109. The summed E-state index contributed by atoms with van der Waals surface area (Å²) in [7, 11) is 4.00. The number of halogens is 1. The van der Waals surface area contributed by atoms with Crippen molar-refractivity contribution in [3.05, 3.63) is 29.3 Å². The van der Waals surface area contributed by atoms with Crippen LogP contribution in [0.4, 0.5) is 5.69 Å². The number of benzene rings is 1. The summed E-state index contributed by atoms with van der Waals surface area (Å²) in [5.41, 5.74) is 1.16. The number of hydrogen-bond donors (Lipinski definition) is 1. The van der Waals surface area contributed by atoms with Crippen molar-refractivity contribution in [2.75, 3.05) is 64.8 Å². The van der Waals surface area contributed by atoms with E-state index in [2.05, 4.69) is 26.1 Å². The lowest BCUT2D eigenvalue weighted by Gasteiger charge is -2.35. The van der Waals surface area contributed by atoms with Crippen LogP contribution in [-0.4, -0.2) is 75.6 Å². The molecule has 1 N–H and O–H groups in total. The molecule has 1 aromatic carbocycles. The first kappa shape index (κ1) is 17.1. The first-order valence-electron chi connectivity index (χ1n) is 7.69. The monoisotopic (exact) mass is 324 g/mol. The largest absolute Gasteiger partial charge is 0.369 e. The van der Waals surface area contributed by atoms with Crippen LogP contribution in [-0.2, 0) is 4.79 Å². The first-order chi connectivity index (χ1) is 10.5. The number of piperazine rings is 1. The molecule has 6 heteroatoms. The number of likely N-dealkylation sites (N-methyl/N-ethyl adjacent to an activating group) is 1. The van der Waals surface area contributed by atoms with Crippen molar-refractivity contribution in [1.29, 1.82) is 0 Å². The molecule has 122 valence electrons. The second-order valence-electron chi connectivity index (χ2n) is 5.90. The summed E-state index contributed by atoms with van der Waals surface area (Å²) >= 11 is 6.04. The zero-order valence-corrected chi connectivity index (χ0v) is 14.1. The second-order valence-corrected chi connectivity index (χ2v) is 6.33. The van der Waals surface area contributed by atoms with Crippen molar-refractivity contribution in [2.24, 2.45) is 0 Å². The molecule has 1 heterocycles. The summed E-state index contributed by atoms with van der Waals surface area (Å²) in [5, 5.41) is 3.72. The van der Waals surface area contributed by atoms with Crippen LogP contribution in [0.3, 0.4) is 0 Å². The van der Waals surface area contributed by atoms with Gasteiger partial charge < -0.3 is 15.1 Å². The summed E-state index contributed by atoms with van der Waals surface area (Å²) in [6.07, 6.45) is 0. The number of rotatable bonds is 6. The Morgan fingerprint density at radius 3 is 2.64 bits per heavy atom. The Morgan fingerprint density at radius 1 is 1.27 bits per heavy atom. The number of carbonyl (C=O) groups is 1. The van der Waals surface area contributed by atoms with Gasteiger partial charge in [0.15, 0.2) is 0 Å². The maximum absolute atomic E-state index is 11.9. The molecule has 1 aromatic rings. The molecule has 1 fully saturated rings. The first-order valence-corrected chi connectivity index (χ1v) is 8.06. The quantitative estimate of drug-likeness (QED) is 0.852. The molecule has 1 saturated heterocycles. The van der Waals surface area contributed by atoms with E-state index in [1.807, 2.05) is 32.3 Å². The van der Waals surface area contributed by atoms with E-state index in [1.54, 1.807) is 0 Å². The highest BCUT2D eigenvalue weighted by Crippen LogP contribution is 2.20. The van der Waals surface area contributed by atoms with E-state index in [9.17, 15) is 4.79 Å². The molecule has 5 nitrogen and oxygen atoms in total. The van der Waals surface area contributed by atoms with Crippen LogP contribution in [0, 0.1) is 0 Å². The summed E-state index contributed by atoms with van der Waals surface area (Å²) in [6.45, 7) is 5.69. The molecule has 0 bridgehead atoms. The normalized spacial score (nSPS) is 16.1. The lowest BCUT2D eigenvalue weighted by Crippen LogP contribution is -2.49. The topological polar surface area (TPSA) is 38.8 Å². The number of nitrogens with one attached hydrogen (secondary N) is 1. The molecule has 0 radical (unpaired) electrons. The van der Waals surface area contributed by atoms with Gasteiger partial charge in [0.05, 0.1) is 6.54 Å². The van der Waals surface area contributed by atoms with E-state index in [1.165, 1.54) is 0 Å². The number of carbonyl (C=O) groups excluding carboxylic acids is 1. The van der Waals surface area contributed by atoms with Crippen molar-refractivity contribution in [2.45, 2.75) is 0 Å². The third-order valence-electron chi connectivity index (χ3n) is 3.79. The average molecular weight is 325 g/mol. The van der Waals surface area contributed by atoms with Gasteiger partial charge in [0.1, 0.15) is 0 Å². The Labute approximate surface area is 137 Å². The molecule has 0 saturated carbocycles. The minimum Gasteiger partial charge on any atom is -0.369 e. The fourth-order valence-electron chi connectivity index (χ4n) is 2.51. The summed E-state index contributed by atoms with van der Waals surface area (Å²) in [6, 6.07) is 7.93. The van der Waals surface area contributed by atoms with Crippen molar-refractivity contribution in [3.63, 3.8) is 0 Å². The second kappa shape index (κ2) is 8.36. The van der Waals surface area contributed by atoms with Gasteiger partial charge in [-0.15, -0.1) is 0 Å². The molecular formula is C16H25ClN4O. The molecule has 2 rings (SSSR count). The number of hydrogen-bond acceptors (Lipinski definition) is 4. The Hall–Kier alpha value is -1.30. The number of nitrogens with zero attached hydrogens (tertiary/aromatic N) is 3. The molecule has 0 aliphatic carbocycles. The smallest absolute Gasteiger partial charge is 0.234 e. The van der Waals surface area contributed by atoms with Gasteiger partial charge in [-0.2, -0.15) is 0 Å². The molecule has 22 heavy (non-hydrogen) atoms. The zero-order chi connectivity index (χ0) is 15.9. The third kappa shape index (κ3) is 5.48. The van der Waals surface area contributed by atoms with Gasteiger partial charge in [0.2, 0.25) is 5.91 Å². The SMILES string of the molecule is CN(C)CCNC(=O)CN1CCN(c2cccc(Cl)c2)CC1. The standard InChI is InChI=1S/C16H25ClN4O/c1-19(2)7-6-18-16(22)13-20-8-10-21(11-9-20)15-5-3-4-14(17)12-15/h3-5,12H,6-11,13H2,1-2H3,(H,18,22). The predicted octanol–water partition coefficient (Wildman–Crippen LogP) is 1.14. The van der Waals surface area contributed by atoms with Crippen molar-refractivity contribution in [3.8, 4) is 0 Å². The van der Waals surface area contributed by atoms with E-state index < -0.39 is 0 Å². The van der Waals surface area contributed by atoms with Gasteiger partial charge in [0, 0.05) is 50.0 Å². The van der Waals surface area contributed by atoms with Gasteiger partial charge >= 0.3 is 0 Å². The van der Waals surface area contributed by atoms with E-state index in [0.29, 0.717) is 13.1 Å². The van der Waals surface area contributed by atoms with E-state index in [0.717, 1.165) is 43.4 Å². The van der Waals surface area contributed by atoms with Crippen LogP contribution < -0.4 is 10.2 Å². The van der Waals surface area contributed by atoms with Gasteiger partial charge in [0.25, 0.3) is 0 Å². The van der Waals surface area contributed by atoms with Gasteiger partial charge in [-0.05, 0) is 32.3 Å². The minimum atomic E-state index is 0.109. The highest BCUT2D eigenvalue weighted by molar-refractivity contribution is 6.30. The van der Waals surface area contributed by atoms with Gasteiger partial charge in [-0.25, -0.2) is 0 Å². The number of amides is 1. The molecule has 0 spiro atoms. The van der Waals surface area contributed by atoms with Crippen LogP contribution in [0.5, 0.6) is 0 Å². The van der Waals surface area contributed by atoms with Gasteiger partial charge in [-0.1, -0.05) is 17.7 Å². The lowest BCUT2D eigenvalue weighted by atomic mass is 10.2. The van der Waals surface area contributed by atoms with E-state index in [-0.39, 0.29) is 5.91 Å². The predicted molar refractivity (Wildman–Crippen MR) is 91.7 cm³/mol. The van der Waals surface area contributed by atoms with Crippen LogP contribution in [0.1, 0.15) is 0 Å². The highest BCUT2D eigenvalue weighted by Gasteiger charge is 2.19. The Kier molecular flexibility index (Phi) is 6.49. The molecule has 1 aliphatic heterocycles. The van der Waals surface area contributed by atoms with E-state index >= 15 is 0 Å². The molecular weight excluding hydrogens is 300 g/mol. The van der Waals surface area contributed by atoms with Crippen LogP contribution in [0.2, 0.25) is 5.02 Å². The zero-order valence-electron chi connectivity index (χ0n) is 13.4. The van der Waals surface area contributed by atoms with Gasteiger partial charge in [-0.3, -0.25) is 9.69 Å². The Balaban J connectivity index is 1.72.